The van der Waals surface area contributed by atoms with Crippen LogP contribution in [-0.2, 0) is 10.3 Å². The van der Waals surface area contributed by atoms with Crippen molar-refractivity contribution < 1.29 is 14.5 Å². The largest absolute Gasteiger partial charge is 0.336 e. The molecule has 8 rings (SSSR count). The minimum Gasteiger partial charge on any atom is -0.336 e. The number of amides is 1. The van der Waals surface area contributed by atoms with E-state index in [4.69, 9.17) is 0 Å². The van der Waals surface area contributed by atoms with Crippen LogP contribution in [0.1, 0.15) is 60.3 Å². The van der Waals surface area contributed by atoms with Crippen LogP contribution in [0.5, 0.6) is 0 Å². The fourth-order valence-corrected chi connectivity index (χ4v) is 8.49. The fraction of sp³-hybridized carbons (Fsp3) is 0.375. The second-order valence-electron chi connectivity index (χ2n) is 12.2. The van der Waals surface area contributed by atoms with Gasteiger partial charge in [-0.05, 0) is 92.7 Å². The Morgan fingerprint density at radius 1 is 0.902 bits per heavy atom. The minimum absolute atomic E-state index is 0.0816. The van der Waals surface area contributed by atoms with E-state index < -0.39 is 10.5 Å². The number of hydrogen-bond donors (Lipinski definition) is 0. The first-order chi connectivity index (χ1) is 19.8. The van der Waals surface area contributed by atoms with Crippen molar-refractivity contribution in [3.63, 3.8) is 0 Å². The van der Waals surface area contributed by atoms with Gasteiger partial charge in [0.05, 0.1) is 21.9 Å². The molecule has 4 aliphatic carbocycles. The van der Waals surface area contributed by atoms with Gasteiger partial charge >= 0.3 is 0 Å². The van der Waals surface area contributed by atoms with Crippen LogP contribution < -0.4 is 0 Å². The van der Waals surface area contributed by atoms with Gasteiger partial charge in [0.25, 0.3) is 11.6 Å². The van der Waals surface area contributed by atoms with Crippen molar-refractivity contribution in [2.24, 2.45) is 17.8 Å². The number of carbonyl (C=O) groups excluding carboxylic acids is 2. The quantitative estimate of drug-likeness (QED) is 0.182. The standard InChI is InChI=1S/C32H31N5O4/c1-35-29(17-26(38)24-8-10-25(11-9-24)37(40)41)36(31-18-21-14-22(19-31)16-23(15-21)20-31)30(39)32(35,27-6-2-4-12-33-27)28-7-3-5-13-34-28/h2-13,17,21-23H,14-16,18-20H2,1H3. The summed E-state index contributed by atoms with van der Waals surface area (Å²) < 4.78 is 0. The first-order valence-electron chi connectivity index (χ1n) is 14.2. The Morgan fingerprint density at radius 2 is 1.44 bits per heavy atom. The van der Waals surface area contributed by atoms with Gasteiger partial charge in [-0.25, -0.2) is 0 Å². The Bertz CT molecular complexity index is 1480. The molecular weight excluding hydrogens is 518 g/mol. The Morgan fingerprint density at radius 3 is 1.90 bits per heavy atom. The summed E-state index contributed by atoms with van der Waals surface area (Å²) >= 11 is 0. The number of carbonyl (C=O) groups is 2. The third-order valence-corrected chi connectivity index (χ3v) is 9.76. The van der Waals surface area contributed by atoms with Gasteiger partial charge in [-0.1, -0.05) is 12.1 Å². The molecule has 9 heteroatoms. The number of aromatic nitrogens is 2. The summed E-state index contributed by atoms with van der Waals surface area (Å²) in [7, 11) is 1.84. The van der Waals surface area contributed by atoms with Crippen LogP contribution in [0.15, 0.2) is 85.0 Å². The van der Waals surface area contributed by atoms with E-state index in [1.165, 1.54) is 49.6 Å². The number of pyridine rings is 2. The van der Waals surface area contributed by atoms with E-state index in [0.717, 1.165) is 19.3 Å². The summed E-state index contributed by atoms with van der Waals surface area (Å²) in [6.45, 7) is 0. The van der Waals surface area contributed by atoms with Crippen LogP contribution >= 0.6 is 0 Å². The van der Waals surface area contributed by atoms with Crippen LogP contribution in [0, 0.1) is 27.9 Å². The van der Waals surface area contributed by atoms with Crippen molar-refractivity contribution in [3.8, 4) is 0 Å². The highest BCUT2D eigenvalue weighted by Gasteiger charge is 2.65. The van der Waals surface area contributed by atoms with E-state index >= 15 is 4.79 Å². The molecule has 0 unspecified atom stereocenters. The van der Waals surface area contributed by atoms with Crippen molar-refractivity contribution in [3.05, 3.63) is 112 Å². The molecule has 0 spiro atoms. The predicted octanol–water partition coefficient (Wildman–Crippen LogP) is 5.10. The van der Waals surface area contributed by atoms with Gasteiger partial charge in [-0.2, -0.15) is 0 Å². The van der Waals surface area contributed by atoms with Crippen molar-refractivity contribution in [1.29, 1.82) is 0 Å². The monoisotopic (exact) mass is 549 g/mol. The van der Waals surface area contributed by atoms with Crippen molar-refractivity contribution in [1.82, 2.24) is 19.8 Å². The van der Waals surface area contributed by atoms with Gasteiger partial charge in [-0.3, -0.25) is 34.6 Å². The molecule has 4 bridgehead atoms. The highest BCUT2D eigenvalue weighted by Crippen LogP contribution is 2.61. The Labute approximate surface area is 238 Å². The number of ketones is 1. The van der Waals surface area contributed by atoms with E-state index in [-0.39, 0.29) is 22.9 Å². The van der Waals surface area contributed by atoms with Crippen molar-refractivity contribution >= 4 is 17.4 Å². The molecule has 5 fully saturated rings. The molecule has 2 aromatic heterocycles. The van der Waals surface area contributed by atoms with Gasteiger partial charge < -0.3 is 4.90 Å². The lowest BCUT2D eigenvalue weighted by atomic mass is 9.52. The maximum absolute atomic E-state index is 15.2. The van der Waals surface area contributed by atoms with Crippen LogP contribution in [0.25, 0.3) is 0 Å². The van der Waals surface area contributed by atoms with Crippen molar-refractivity contribution in [2.45, 2.75) is 49.6 Å². The molecule has 3 heterocycles. The molecule has 0 atom stereocenters. The van der Waals surface area contributed by atoms with Gasteiger partial charge in [0.1, 0.15) is 5.82 Å². The minimum atomic E-state index is -1.35. The molecule has 9 nitrogen and oxygen atoms in total. The average molecular weight is 550 g/mol. The lowest BCUT2D eigenvalue weighted by Gasteiger charge is -2.59. The highest BCUT2D eigenvalue weighted by molar-refractivity contribution is 6.06. The van der Waals surface area contributed by atoms with Gasteiger partial charge in [-0.15, -0.1) is 0 Å². The zero-order chi connectivity index (χ0) is 28.4. The maximum atomic E-state index is 15.2. The van der Waals surface area contributed by atoms with E-state index in [0.29, 0.717) is 40.5 Å². The molecule has 41 heavy (non-hydrogen) atoms. The average Bonchev–Trinajstić information content (AvgIpc) is 3.19. The zero-order valence-electron chi connectivity index (χ0n) is 22.8. The molecule has 3 aromatic rings. The second kappa shape index (κ2) is 9.33. The lowest BCUT2D eigenvalue weighted by Crippen LogP contribution is -2.61. The summed E-state index contributed by atoms with van der Waals surface area (Å²) in [6, 6.07) is 16.7. The van der Waals surface area contributed by atoms with Crippen LogP contribution in [-0.4, -0.2) is 49.0 Å². The molecule has 0 N–H and O–H groups in total. The van der Waals surface area contributed by atoms with Crippen LogP contribution in [0.4, 0.5) is 5.69 Å². The first kappa shape index (κ1) is 25.6. The summed E-state index contributed by atoms with van der Waals surface area (Å²) in [6.07, 6.45) is 11.3. The number of non-ortho nitro benzene ring substituents is 1. The number of hydrogen-bond acceptors (Lipinski definition) is 7. The number of likely N-dealkylation sites (N-methyl/N-ethyl adjacent to an activating group) is 1. The Kier molecular flexibility index (Phi) is 5.81. The van der Waals surface area contributed by atoms with Gasteiger partial charge in [0.15, 0.2) is 5.78 Å². The Hall–Kier alpha value is -4.40. The summed E-state index contributed by atoms with van der Waals surface area (Å²) in [5.74, 6) is 1.79. The third-order valence-electron chi connectivity index (χ3n) is 9.76. The zero-order valence-corrected chi connectivity index (χ0v) is 22.8. The summed E-state index contributed by atoms with van der Waals surface area (Å²) in [4.78, 5) is 52.8. The van der Waals surface area contributed by atoms with Crippen LogP contribution in [0.2, 0.25) is 0 Å². The SMILES string of the molecule is CN1C(=CC(=O)c2ccc([N+](=O)[O-])cc2)N(C23CC4CC(CC(C4)C2)C3)C(=O)C1(c1ccccn1)c1ccccn1. The number of nitrogens with zero attached hydrogens (tertiary/aromatic N) is 5. The number of rotatable bonds is 6. The molecule has 5 aliphatic rings. The molecule has 1 aromatic carbocycles. The normalized spacial score (nSPS) is 28.9. The highest BCUT2D eigenvalue weighted by atomic mass is 16.6. The molecule has 1 saturated heterocycles. The summed E-state index contributed by atoms with van der Waals surface area (Å²) in [5, 5.41) is 11.2. The number of nitro benzene ring substituents is 1. The number of nitro groups is 1. The first-order valence-corrected chi connectivity index (χ1v) is 14.2. The van der Waals surface area contributed by atoms with E-state index in [9.17, 15) is 14.9 Å². The van der Waals surface area contributed by atoms with Crippen molar-refractivity contribution in [2.75, 3.05) is 7.05 Å². The molecule has 1 aliphatic heterocycles. The third kappa shape index (κ3) is 3.82. The van der Waals surface area contributed by atoms with E-state index in [2.05, 4.69) is 9.97 Å². The van der Waals surface area contributed by atoms with Crippen LogP contribution in [0.3, 0.4) is 0 Å². The smallest absolute Gasteiger partial charge is 0.269 e. The molecule has 4 saturated carbocycles. The van der Waals surface area contributed by atoms with E-state index in [1.54, 1.807) is 12.4 Å². The van der Waals surface area contributed by atoms with E-state index in [1.807, 2.05) is 53.2 Å². The van der Waals surface area contributed by atoms with Gasteiger partial charge in [0, 0.05) is 43.2 Å². The molecule has 0 radical (unpaired) electrons. The fourth-order valence-electron chi connectivity index (χ4n) is 8.49. The molecular formula is C32H31N5O4. The predicted molar refractivity (Wildman–Crippen MR) is 150 cm³/mol. The Balaban J connectivity index is 1.42. The topological polar surface area (TPSA) is 110 Å². The maximum Gasteiger partial charge on any atom is 0.269 e. The number of benzene rings is 1. The molecule has 1 amide bonds. The van der Waals surface area contributed by atoms with Gasteiger partial charge in [0.2, 0.25) is 5.54 Å². The molecule has 208 valence electrons. The number of allylic oxidation sites excluding steroid dienone is 1. The lowest BCUT2D eigenvalue weighted by molar-refractivity contribution is -0.384. The summed E-state index contributed by atoms with van der Waals surface area (Å²) in [5.41, 5.74) is -0.399. The second-order valence-corrected chi connectivity index (χ2v) is 12.2.